The molecule has 0 fully saturated rings. The number of aromatic nitrogens is 2. The first-order chi connectivity index (χ1) is 10.4. The molecule has 0 unspecified atom stereocenters. The molecule has 0 aliphatic carbocycles. The Bertz CT molecular complexity index is 737. The van der Waals surface area contributed by atoms with Crippen molar-refractivity contribution in [2.75, 3.05) is 11.9 Å². The van der Waals surface area contributed by atoms with Crippen LogP contribution in [-0.4, -0.2) is 16.6 Å². The number of fused-ring (bicyclic) bond motifs is 1. The van der Waals surface area contributed by atoms with Crippen molar-refractivity contribution in [1.29, 1.82) is 0 Å². The van der Waals surface area contributed by atoms with Gasteiger partial charge in [0.1, 0.15) is 0 Å². The van der Waals surface area contributed by atoms with Gasteiger partial charge in [0.25, 0.3) is 0 Å². The first-order valence-corrected chi connectivity index (χ1v) is 7.03. The minimum Gasteiger partial charge on any atom is -0.476 e. The number of hydrogen-bond donors (Lipinski definition) is 1. The minimum atomic E-state index is 0.599. The van der Waals surface area contributed by atoms with Crippen molar-refractivity contribution in [1.82, 2.24) is 9.97 Å². The monoisotopic (exact) mass is 279 g/mol. The quantitative estimate of drug-likeness (QED) is 0.774. The molecule has 0 aliphatic heterocycles. The lowest BCUT2D eigenvalue weighted by Crippen LogP contribution is -2.04. The van der Waals surface area contributed by atoms with Crippen molar-refractivity contribution in [2.45, 2.75) is 13.5 Å². The van der Waals surface area contributed by atoms with Gasteiger partial charge in [0.15, 0.2) is 0 Å². The second-order valence-corrected chi connectivity index (χ2v) is 4.63. The summed E-state index contributed by atoms with van der Waals surface area (Å²) >= 11 is 0. The molecule has 4 nitrogen and oxygen atoms in total. The molecule has 0 aliphatic rings. The highest BCUT2D eigenvalue weighted by molar-refractivity contribution is 5.81. The van der Waals surface area contributed by atoms with Crippen molar-refractivity contribution < 1.29 is 4.74 Å². The number of nitrogens with one attached hydrogen (secondary N) is 1. The molecular weight excluding hydrogens is 262 g/mol. The molecule has 1 aromatic carbocycles. The van der Waals surface area contributed by atoms with Crippen LogP contribution in [0.3, 0.4) is 0 Å². The van der Waals surface area contributed by atoms with Crippen LogP contribution < -0.4 is 10.1 Å². The Labute approximate surface area is 123 Å². The summed E-state index contributed by atoms with van der Waals surface area (Å²) < 4.78 is 5.52. The summed E-state index contributed by atoms with van der Waals surface area (Å²) in [6.45, 7) is 3.23. The molecule has 2 heterocycles. The van der Waals surface area contributed by atoms with Crippen LogP contribution in [-0.2, 0) is 6.54 Å². The van der Waals surface area contributed by atoms with E-state index in [1.54, 1.807) is 6.20 Å². The van der Waals surface area contributed by atoms with Gasteiger partial charge in [-0.2, -0.15) is 0 Å². The van der Waals surface area contributed by atoms with Gasteiger partial charge in [-0.1, -0.05) is 24.3 Å². The fourth-order valence-electron chi connectivity index (χ4n) is 2.28. The van der Waals surface area contributed by atoms with Gasteiger partial charge in [-0.15, -0.1) is 0 Å². The molecule has 0 amide bonds. The lowest BCUT2D eigenvalue weighted by molar-refractivity contribution is 0.328. The summed E-state index contributed by atoms with van der Waals surface area (Å²) in [7, 11) is 0. The third kappa shape index (κ3) is 2.94. The highest BCUT2D eigenvalue weighted by atomic mass is 16.5. The van der Waals surface area contributed by atoms with E-state index in [9.17, 15) is 0 Å². The van der Waals surface area contributed by atoms with Gasteiger partial charge < -0.3 is 10.1 Å². The summed E-state index contributed by atoms with van der Waals surface area (Å²) in [4.78, 5) is 8.71. The Morgan fingerprint density at radius 2 is 1.81 bits per heavy atom. The Hall–Kier alpha value is -2.62. The Morgan fingerprint density at radius 3 is 2.71 bits per heavy atom. The van der Waals surface area contributed by atoms with Crippen molar-refractivity contribution in [3.8, 4) is 5.88 Å². The topological polar surface area (TPSA) is 47.0 Å². The number of rotatable bonds is 5. The molecule has 3 aromatic rings. The van der Waals surface area contributed by atoms with E-state index in [4.69, 9.17) is 4.74 Å². The van der Waals surface area contributed by atoms with Crippen LogP contribution in [0, 0.1) is 0 Å². The SMILES string of the molecule is CCOc1ncccc1NCc1cccc2cccnc12. The summed E-state index contributed by atoms with van der Waals surface area (Å²) in [6, 6.07) is 14.1. The van der Waals surface area contributed by atoms with E-state index >= 15 is 0 Å². The first kappa shape index (κ1) is 13.4. The van der Waals surface area contributed by atoms with Crippen LogP contribution in [0.25, 0.3) is 10.9 Å². The first-order valence-electron chi connectivity index (χ1n) is 7.03. The van der Waals surface area contributed by atoms with E-state index in [-0.39, 0.29) is 0 Å². The van der Waals surface area contributed by atoms with Gasteiger partial charge in [-0.25, -0.2) is 4.98 Å². The number of para-hydroxylation sites is 1. The summed E-state index contributed by atoms with van der Waals surface area (Å²) in [5.41, 5.74) is 3.07. The van der Waals surface area contributed by atoms with Gasteiger partial charge in [-0.3, -0.25) is 4.98 Å². The maximum Gasteiger partial charge on any atom is 0.237 e. The van der Waals surface area contributed by atoms with Crippen LogP contribution in [0.2, 0.25) is 0 Å². The molecule has 0 atom stereocenters. The van der Waals surface area contributed by atoms with Crippen LogP contribution >= 0.6 is 0 Å². The smallest absolute Gasteiger partial charge is 0.237 e. The average Bonchev–Trinajstić information content (AvgIpc) is 2.54. The van der Waals surface area contributed by atoms with E-state index < -0.39 is 0 Å². The zero-order chi connectivity index (χ0) is 14.5. The van der Waals surface area contributed by atoms with Gasteiger partial charge >= 0.3 is 0 Å². The number of ether oxygens (including phenoxy) is 1. The van der Waals surface area contributed by atoms with Gasteiger partial charge in [0.05, 0.1) is 17.8 Å². The lowest BCUT2D eigenvalue weighted by Gasteiger charge is -2.12. The number of pyridine rings is 2. The molecule has 3 rings (SSSR count). The molecule has 0 radical (unpaired) electrons. The number of anilines is 1. The Morgan fingerprint density at radius 1 is 1.00 bits per heavy atom. The lowest BCUT2D eigenvalue weighted by atomic mass is 10.1. The molecule has 1 N–H and O–H groups in total. The van der Waals surface area contributed by atoms with Crippen LogP contribution in [0.15, 0.2) is 54.9 Å². The fourth-order valence-corrected chi connectivity index (χ4v) is 2.28. The molecule has 0 bridgehead atoms. The van der Waals surface area contributed by atoms with Crippen LogP contribution in [0.1, 0.15) is 12.5 Å². The minimum absolute atomic E-state index is 0.599. The maximum absolute atomic E-state index is 5.52. The summed E-state index contributed by atoms with van der Waals surface area (Å²) in [5, 5.41) is 4.53. The highest BCUT2D eigenvalue weighted by Crippen LogP contribution is 2.23. The van der Waals surface area contributed by atoms with Gasteiger partial charge in [0, 0.05) is 24.3 Å². The van der Waals surface area contributed by atoms with Gasteiger partial charge in [-0.05, 0) is 30.7 Å². The van der Waals surface area contributed by atoms with Crippen molar-refractivity contribution in [2.24, 2.45) is 0 Å². The predicted molar refractivity (Wildman–Crippen MR) is 84.5 cm³/mol. The summed E-state index contributed by atoms with van der Waals surface area (Å²) in [5.74, 6) is 0.633. The van der Waals surface area contributed by atoms with E-state index in [0.717, 1.165) is 22.2 Å². The Kier molecular flexibility index (Phi) is 3.96. The summed E-state index contributed by atoms with van der Waals surface area (Å²) in [6.07, 6.45) is 3.55. The van der Waals surface area contributed by atoms with E-state index in [1.807, 2.05) is 37.4 Å². The third-order valence-electron chi connectivity index (χ3n) is 3.24. The predicted octanol–water partition coefficient (Wildman–Crippen LogP) is 3.64. The molecular formula is C17H17N3O. The number of hydrogen-bond acceptors (Lipinski definition) is 4. The molecule has 0 spiro atoms. The molecule has 0 saturated carbocycles. The van der Waals surface area contributed by atoms with E-state index in [0.29, 0.717) is 19.0 Å². The van der Waals surface area contributed by atoms with Gasteiger partial charge in [0.2, 0.25) is 5.88 Å². The normalized spacial score (nSPS) is 10.5. The van der Waals surface area contributed by atoms with Crippen molar-refractivity contribution >= 4 is 16.6 Å². The molecule has 106 valence electrons. The molecule has 2 aromatic heterocycles. The van der Waals surface area contributed by atoms with E-state index in [1.165, 1.54) is 0 Å². The maximum atomic E-state index is 5.52. The Balaban J connectivity index is 1.84. The fraction of sp³-hybridized carbons (Fsp3) is 0.176. The third-order valence-corrected chi connectivity index (χ3v) is 3.24. The van der Waals surface area contributed by atoms with E-state index in [2.05, 4.69) is 33.5 Å². The zero-order valence-corrected chi connectivity index (χ0v) is 11.9. The molecule has 4 heteroatoms. The largest absolute Gasteiger partial charge is 0.476 e. The van der Waals surface area contributed by atoms with Crippen molar-refractivity contribution in [3.05, 3.63) is 60.4 Å². The van der Waals surface area contributed by atoms with Crippen LogP contribution in [0.5, 0.6) is 5.88 Å². The zero-order valence-electron chi connectivity index (χ0n) is 11.9. The second kappa shape index (κ2) is 6.22. The second-order valence-electron chi connectivity index (χ2n) is 4.63. The number of benzene rings is 1. The molecule has 21 heavy (non-hydrogen) atoms. The van der Waals surface area contributed by atoms with Crippen LogP contribution in [0.4, 0.5) is 5.69 Å². The highest BCUT2D eigenvalue weighted by Gasteiger charge is 2.05. The number of nitrogens with zero attached hydrogens (tertiary/aromatic N) is 2. The molecule has 0 saturated heterocycles. The van der Waals surface area contributed by atoms with Crippen molar-refractivity contribution in [3.63, 3.8) is 0 Å². The average molecular weight is 279 g/mol. The standard InChI is InChI=1S/C17H17N3O/c1-2-21-17-15(9-5-11-19-17)20-12-14-7-3-6-13-8-4-10-18-16(13)14/h3-11,20H,2,12H2,1H3.